The van der Waals surface area contributed by atoms with Gasteiger partial charge in [0.25, 0.3) is 0 Å². The van der Waals surface area contributed by atoms with Crippen molar-refractivity contribution in [3.8, 4) is 22.8 Å². The van der Waals surface area contributed by atoms with Gasteiger partial charge in [-0.1, -0.05) is 42.5 Å². The predicted molar refractivity (Wildman–Crippen MR) is 151 cm³/mol. The van der Waals surface area contributed by atoms with Crippen molar-refractivity contribution in [3.05, 3.63) is 127 Å². The summed E-state index contributed by atoms with van der Waals surface area (Å²) in [7, 11) is 0. The Morgan fingerprint density at radius 1 is 0.641 bits per heavy atom. The Kier molecular flexibility index (Phi) is 2.87. The van der Waals surface area contributed by atoms with Gasteiger partial charge in [-0.15, -0.1) is 9.13 Å². The number of pyridine rings is 2. The van der Waals surface area contributed by atoms with Gasteiger partial charge in [0.1, 0.15) is 28.1 Å². The Hall–Kier alpha value is -5.22. The van der Waals surface area contributed by atoms with Gasteiger partial charge in [-0.25, -0.2) is 0 Å². The first-order valence-electron chi connectivity index (χ1n) is 13.5. The molecule has 0 radical (unpaired) electrons. The molecule has 0 aliphatic carbocycles. The highest BCUT2D eigenvalue weighted by Gasteiger charge is 2.68. The number of nitrogens with zero attached hydrogens (tertiary/aromatic N) is 3. The smallest absolute Gasteiger partial charge is 0.372 e. The molecule has 4 nitrogen and oxygen atoms in total. The largest absolute Gasteiger partial charge is 0.456 e. The van der Waals surface area contributed by atoms with Gasteiger partial charge >= 0.3 is 11.3 Å². The van der Waals surface area contributed by atoms with E-state index in [1.165, 1.54) is 71.5 Å². The molecule has 3 aliphatic rings. The number of fused-ring (bicyclic) bond motifs is 9. The van der Waals surface area contributed by atoms with Gasteiger partial charge in [-0.3, -0.25) is 0 Å². The summed E-state index contributed by atoms with van der Waals surface area (Å²) in [5.41, 5.74) is 9.23. The van der Waals surface area contributed by atoms with Crippen LogP contribution in [0.5, 0.6) is 11.5 Å². The zero-order valence-electron chi connectivity index (χ0n) is 20.7. The van der Waals surface area contributed by atoms with Crippen LogP contribution in [0.2, 0.25) is 0 Å². The molecule has 178 valence electrons. The Morgan fingerprint density at radius 2 is 1.46 bits per heavy atom. The van der Waals surface area contributed by atoms with E-state index in [9.17, 15) is 0 Å². The molecule has 1 spiro atoms. The minimum atomic E-state index is -0.566. The minimum absolute atomic E-state index is 0.566. The van der Waals surface area contributed by atoms with Crippen molar-refractivity contribution in [2.75, 3.05) is 0 Å². The maximum atomic E-state index is 6.74. The fourth-order valence-corrected chi connectivity index (χ4v) is 8.02. The molecule has 0 fully saturated rings. The fourth-order valence-electron chi connectivity index (χ4n) is 8.02. The van der Waals surface area contributed by atoms with Gasteiger partial charge in [0.05, 0.1) is 10.9 Å². The fraction of sp³-hybridized carbons (Fsp3) is 0.0286. The van der Waals surface area contributed by atoms with Crippen molar-refractivity contribution < 1.29 is 13.9 Å². The lowest BCUT2D eigenvalue weighted by molar-refractivity contribution is -0.940. The molecule has 0 saturated heterocycles. The van der Waals surface area contributed by atoms with E-state index in [2.05, 4.69) is 129 Å². The van der Waals surface area contributed by atoms with Crippen LogP contribution >= 0.6 is 0 Å². The van der Waals surface area contributed by atoms with E-state index in [4.69, 9.17) is 4.74 Å². The predicted octanol–water partition coefficient (Wildman–Crippen LogP) is 6.82. The monoisotopic (exact) mass is 497 g/mol. The molecule has 4 heteroatoms. The van der Waals surface area contributed by atoms with Crippen LogP contribution in [0.25, 0.3) is 60.4 Å². The van der Waals surface area contributed by atoms with Gasteiger partial charge in [0, 0.05) is 22.9 Å². The number of ether oxygens (including phenoxy) is 1. The van der Waals surface area contributed by atoms with Crippen molar-refractivity contribution in [2.24, 2.45) is 0 Å². The summed E-state index contributed by atoms with van der Waals surface area (Å²) in [6.07, 6.45) is 2.25. The number of aromatic nitrogens is 3. The second-order valence-corrected chi connectivity index (χ2v) is 11.0. The number of imidazole rings is 1. The highest BCUT2D eigenvalue weighted by atomic mass is 16.5. The molecule has 11 rings (SSSR count). The molecule has 0 bridgehead atoms. The van der Waals surface area contributed by atoms with E-state index in [0.717, 1.165) is 11.5 Å². The molecule has 5 aromatic carbocycles. The van der Waals surface area contributed by atoms with Crippen molar-refractivity contribution >= 4 is 49.1 Å². The average Bonchev–Trinajstić information content (AvgIpc) is 3.60. The summed E-state index contributed by atoms with van der Waals surface area (Å²) in [5, 5.41) is 6.31. The van der Waals surface area contributed by atoms with E-state index in [1.807, 2.05) is 0 Å². The molecule has 0 saturated carbocycles. The van der Waals surface area contributed by atoms with E-state index < -0.39 is 5.66 Å². The summed E-state index contributed by atoms with van der Waals surface area (Å²) in [5.74, 6) is 1.87. The first-order valence-corrected chi connectivity index (χ1v) is 13.5. The molecule has 3 aliphatic heterocycles. The van der Waals surface area contributed by atoms with Crippen LogP contribution in [0.3, 0.4) is 0 Å². The van der Waals surface area contributed by atoms with E-state index in [1.54, 1.807) is 0 Å². The third-order valence-corrected chi connectivity index (χ3v) is 9.32. The maximum absolute atomic E-state index is 6.74. The number of hydrogen-bond acceptors (Lipinski definition) is 1. The van der Waals surface area contributed by atoms with Crippen LogP contribution in [-0.4, -0.2) is 4.40 Å². The molecular formula is C35H19N3O+2. The Labute approximate surface area is 222 Å². The van der Waals surface area contributed by atoms with Crippen molar-refractivity contribution in [1.29, 1.82) is 0 Å². The van der Waals surface area contributed by atoms with Gasteiger partial charge in [0.2, 0.25) is 5.69 Å². The van der Waals surface area contributed by atoms with Crippen molar-refractivity contribution in [3.63, 3.8) is 0 Å². The van der Waals surface area contributed by atoms with E-state index >= 15 is 0 Å². The normalized spacial score (nSPS) is 17.5. The van der Waals surface area contributed by atoms with E-state index in [0.29, 0.717) is 0 Å². The highest BCUT2D eigenvalue weighted by molar-refractivity contribution is 6.18. The quantitative estimate of drug-likeness (QED) is 0.128. The molecule has 1 atom stereocenters. The standard InChI is InChI=1S/C35H19N3O/c1-2-9-21-19-28-24(18-20(21)8-1)22-15-16-30-33-31(22)34-37(28)26-12-3-4-13-27(26)38(34)35(33)32-23(10-7-14-29(32)39-30)25-11-5-6-17-36(25)35/h1-19H/q+2. The number of para-hydroxylation sites is 2. The Bertz CT molecular complexity index is 2490. The minimum Gasteiger partial charge on any atom is -0.456 e. The van der Waals surface area contributed by atoms with Crippen LogP contribution in [0.1, 0.15) is 11.1 Å². The number of rotatable bonds is 0. The van der Waals surface area contributed by atoms with Gasteiger partial charge < -0.3 is 4.74 Å². The molecule has 1 unspecified atom stereocenters. The van der Waals surface area contributed by atoms with Crippen LogP contribution in [0.15, 0.2) is 115 Å². The summed E-state index contributed by atoms with van der Waals surface area (Å²) in [6, 6.07) is 39.8. The van der Waals surface area contributed by atoms with Crippen LogP contribution < -0.4 is 13.9 Å². The highest BCUT2D eigenvalue weighted by Crippen LogP contribution is 2.57. The number of benzene rings is 5. The molecule has 6 heterocycles. The topological polar surface area (TPSA) is 21.4 Å². The van der Waals surface area contributed by atoms with Crippen LogP contribution in [-0.2, 0) is 5.66 Å². The Morgan fingerprint density at radius 3 is 2.41 bits per heavy atom. The summed E-state index contributed by atoms with van der Waals surface area (Å²) in [4.78, 5) is 0. The van der Waals surface area contributed by atoms with Gasteiger partial charge in [0.15, 0.2) is 17.2 Å². The molecule has 8 aromatic rings. The average molecular weight is 498 g/mol. The number of hydrogen-bond donors (Lipinski definition) is 0. The molecular weight excluding hydrogens is 478 g/mol. The van der Waals surface area contributed by atoms with Gasteiger partial charge in [-0.2, -0.15) is 4.40 Å². The lowest BCUT2D eigenvalue weighted by atomic mass is 9.85. The summed E-state index contributed by atoms with van der Waals surface area (Å²) in [6.45, 7) is 0. The van der Waals surface area contributed by atoms with Crippen LogP contribution in [0, 0.1) is 0 Å². The SMILES string of the molecule is c1cc2c3c(c1)-c1cccc[n+]1C31c3c(ccc4c5cc6ccccc6cc5n5c6ccccc6[n+]1c5c34)O2. The van der Waals surface area contributed by atoms with E-state index in [-0.39, 0.29) is 0 Å². The second kappa shape index (κ2) is 5.92. The zero-order chi connectivity index (χ0) is 25.0. The molecule has 0 amide bonds. The van der Waals surface area contributed by atoms with Gasteiger partial charge in [-0.05, 0) is 65.4 Å². The van der Waals surface area contributed by atoms with Crippen molar-refractivity contribution in [1.82, 2.24) is 4.40 Å². The molecule has 39 heavy (non-hydrogen) atoms. The third-order valence-electron chi connectivity index (χ3n) is 9.32. The first-order chi connectivity index (χ1) is 19.4. The van der Waals surface area contributed by atoms with Crippen LogP contribution in [0.4, 0.5) is 0 Å². The van der Waals surface area contributed by atoms with Crippen molar-refractivity contribution in [2.45, 2.75) is 5.66 Å². The molecule has 3 aromatic heterocycles. The lowest BCUT2D eigenvalue weighted by Gasteiger charge is -2.28. The maximum Gasteiger partial charge on any atom is 0.372 e. The Balaban J connectivity index is 1.52. The zero-order valence-corrected chi connectivity index (χ0v) is 20.7. The summed E-state index contributed by atoms with van der Waals surface area (Å²) < 4.78 is 14.3. The lowest BCUT2D eigenvalue weighted by Crippen LogP contribution is -2.71. The third kappa shape index (κ3) is 1.82. The first kappa shape index (κ1) is 18.9. The summed E-state index contributed by atoms with van der Waals surface area (Å²) >= 11 is 0. The molecule has 0 N–H and O–H groups in total. The second-order valence-electron chi connectivity index (χ2n) is 11.0.